The summed E-state index contributed by atoms with van der Waals surface area (Å²) < 4.78 is 5.69. The van der Waals surface area contributed by atoms with E-state index < -0.39 is 35.8 Å². The van der Waals surface area contributed by atoms with Crippen molar-refractivity contribution in [3.05, 3.63) is 27.0 Å². The van der Waals surface area contributed by atoms with Gasteiger partial charge in [0.15, 0.2) is 6.23 Å². The van der Waals surface area contributed by atoms with Crippen LogP contribution in [-0.4, -0.2) is 55.0 Å². The maximum absolute atomic E-state index is 11.4. The lowest BCUT2D eigenvalue weighted by Crippen LogP contribution is -2.53. The van der Waals surface area contributed by atoms with Crippen LogP contribution in [0.1, 0.15) is 6.23 Å². The molecule has 1 fully saturated rings. The standard InChI is InChI=1S/C8H11N3O6/c12-3-2-17-7(6(15)5(3)14)11-8(16)10-4(13)1-9-11/h1,3,5-7,12,14-15H,2H2,(H,10,13,16)/t3-,5-,6-,7+/m0/s1. The van der Waals surface area contributed by atoms with Gasteiger partial charge in [-0.15, -0.1) is 0 Å². The van der Waals surface area contributed by atoms with E-state index in [9.17, 15) is 24.9 Å². The van der Waals surface area contributed by atoms with Crippen LogP contribution in [0.4, 0.5) is 0 Å². The molecule has 9 nitrogen and oxygen atoms in total. The van der Waals surface area contributed by atoms with Gasteiger partial charge in [-0.3, -0.25) is 9.78 Å². The summed E-state index contributed by atoms with van der Waals surface area (Å²) in [5.74, 6) is 0. The van der Waals surface area contributed by atoms with E-state index in [-0.39, 0.29) is 6.61 Å². The van der Waals surface area contributed by atoms with Gasteiger partial charge >= 0.3 is 5.69 Å². The van der Waals surface area contributed by atoms with Crippen LogP contribution >= 0.6 is 0 Å². The van der Waals surface area contributed by atoms with Crippen LogP contribution in [0.25, 0.3) is 0 Å². The van der Waals surface area contributed by atoms with Gasteiger partial charge in [0.1, 0.15) is 24.5 Å². The molecule has 0 spiro atoms. The van der Waals surface area contributed by atoms with Crippen molar-refractivity contribution in [1.82, 2.24) is 14.8 Å². The second kappa shape index (κ2) is 4.37. The third-order valence-electron chi connectivity index (χ3n) is 2.45. The van der Waals surface area contributed by atoms with Gasteiger partial charge in [0, 0.05) is 0 Å². The molecular formula is C8H11N3O6. The first kappa shape index (κ1) is 11.9. The zero-order chi connectivity index (χ0) is 12.6. The number of hydrogen-bond acceptors (Lipinski definition) is 7. The molecule has 94 valence electrons. The Hall–Kier alpha value is -1.55. The van der Waals surface area contributed by atoms with E-state index >= 15 is 0 Å². The Kier molecular flexibility index (Phi) is 3.07. The van der Waals surface area contributed by atoms with Crippen molar-refractivity contribution in [3.8, 4) is 0 Å². The molecule has 0 amide bonds. The number of aliphatic hydroxyl groups excluding tert-OH is 3. The summed E-state index contributed by atoms with van der Waals surface area (Å²) in [7, 11) is 0. The fraction of sp³-hybridized carbons (Fsp3) is 0.625. The van der Waals surface area contributed by atoms with E-state index in [0.29, 0.717) is 4.68 Å². The van der Waals surface area contributed by atoms with Gasteiger partial charge in [-0.05, 0) is 0 Å². The third-order valence-corrected chi connectivity index (χ3v) is 2.45. The van der Waals surface area contributed by atoms with Gasteiger partial charge in [-0.2, -0.15) is 9.78 Å². The number of H-pyrrole nitrogens is 1. The van der Waals surface area contributed by atoms with E-state index in [4.69, 9.17) is 4.74 Å². The molecule has 0 unspecified atom stereocenters. The topological polar surface area (TPSA) is 138 Å². The maximum atomic E-state index is 11.4. The zero-order valence-electron chi connectivity index (χ0n) is 8.55. The Bertz CT molecular complexity index is 510. The molecule has 1 aromatic rings. The molecular weight excluding hydrogens is 234 g/mol. The van der Waals surface area contributed by atoms with Crippen molar-refractivity contribution in [2.24, 2.45) is 0 Å². The highest BCUT2D eigenvalue weighted by atomic mass is 16.5. The van der Waals surface area contributed by atoms with Gasteiger partial charge < -0.3 is 20.1 Å². The molecule has 0 saturated carbocycles. The minimum atomic E-state index is -1.52. The zero-order valence-corrected chi connectivity index (χ0v) is 8.55. The minimum absolute atomic E-state index is 0.254. The Morgan fingerprint density at radius 3 is 2.71 bits per heavy atom. The van der Waals surface area contributed by atoms with Crippen LogP contribution in [0.15, 0.2) is 15.8 Å². The highest BCUT2D eigenvalue weighted by Crippen LogP contribution is 2.21. The number of nitrogens with one attached hydrogen (secondary N) is 1. The molecule has 2 rings (SSSR count). The SMILES string of the molecule is O=c1cnn([C@@H]2OC[C@H](O)[C@H](O)[C@@H]2O)c(=O)[nH]1. The van der Waals surface area contributed by atoms with Crippen molar-refractivity contribution in [3.63, 3.8) is 0 Å². The van der Waals surface area contributed by atoms with Crippen LogP contribution in [0.2, 0.25) is 0 Å². The first-order valence-electron chi connectivity index (χ1n) is 4.84. The van der Waals surface area contributed by atoms with E-state index in [1.165, 1.54) is 0 Å². The summed E-state index contributed by atoms with van der Waals surface area (Å²) in [5, 5.41) is 31.8. The monoisotopic (exact) mass is 245 g/mol. The average molecular weight is 245 g/mol. The first-order chi connectivity index (χ1) is 8.00. The average Bonchev–Trinajstić information content (AvgIpc) is 2.28. The summed E-state index contributed by atoms with van der Waals surface area (Å²) >= 11 is 0. The summed E-state index contributed by atoms with van der Waals surface area (Å²) in [5.41, 5.74) is -1.55. The number of aromatic nitrogens is 3. The van der Waals surface area contributed by atoms with Crippen LogP contribution in [-0.2, 0) is 4.74 Å². The van der Waals surface area contributed by atoms with Crippen LogP contribution < -0.4 is 11.2 Å². The Labute approximate surface area is 93.9 Å². The molecule has 0 radical (unpaired) electrons. The molecule has 2 heterocycles. The van der Waals surface area contributed by atoms with E-state index in [2.05, 4.69) is 5.10 Å². The van der Waals surface area contributed by atoms with Crippen LogP contribution in [0.5, 0.6) is 0 Å². The fourth-order valence-electron chi connectivity index (χ4n) is 1.55. The molecule has 0 aromatic carbocycles. The number of nitrogens with zero attached hydrogens (tertiary/aromatic N) is 2. The lowest BCUT2D eigenvalue weighted by molar-refractivity contribution is -0.215. The van der Waals surface area contributed by atoms with Gasteiger partial charge in [-0.25, -0.2) is 4.79 Å². The molecule has 9 heteroatoms. The molecule has 4 atom stereocenters. The lowest BCUT2D eigenvalue weighted by Gasteiger charge is -2.34. The third kappa shape index (κ3) is 2.13. The van der Waals surface area contributed by atoms with Crippen LogP contribution in [0.3, 0.4) is 0 Å². The number of rotatable bonds is 1. The van der Waals surface area contributed by atoms with Crippen molar-refractivity contribution in [2.75, 3.05) is 6.61 Å². The van der Waals surface area contributed by atoms with E-state index in [1.54, 1.807) is 0 Å². The fourth-order valence-corrected chi connectivity index (χ4v) is 1.55. The molecule has 17 heavy (non-hydrogen) atoms. The summed E-state index contributed by atoms with van der Waals surface area (Å²) in [4.78, 5) is 24.1. The number of aromatic amines is 1. The highest BCUT2D eigenvalue weighted by Gasteiger charge is 2.39. The molecule has 1 saturated heterocycles. The van der Waals surface area contributed by atoms with Crippen molar-refractivity contribution in [2.45, 2.75) is 24.5 Å². The maximum Gasteiger partial charge on any atom is 0.347 e. The smallest absolute Gasteiger partial charge is 0.347 e. The Balaban J connectivity index is 2.34. The first-order valence-corrected chi connectivity index (χ1v) is 4.84. The molecule has 0 bridgehead atoms. The van der Waals surface area contributed by atoms with Gasteiger partial charge in [0.2, 0.25) is 0 Å². The lowest BCUT2D eigenvalue weighted by atomic mass is 10.0. The molecule has 1 aliphatic heterocycles. The predicted molar refractivity (Wildman–Crippen MR) is 52.1 cm³/mol. The van der Waals surface area contributed by atoms with Crippen molar-refractivity contribution >= 4 is 0 Å². The normalized spacial score (nSPS) is 33.6. The molecule has 1 aliphatic rings. The summed E-state index contributed by atoms with van der Waals surface area (Å²) in [6.07, 6.45) is -4.61. The highest BCUT2D eigenvalue weighted by molar-refractivity contribution is 4.85. The predicted octanol–water partition coefficient (Wildman–Crippen LogP) is -3.46. The van der Waals surface area contributed by atoms with Gasteiger partial charge in [0.25, 0.3) is 5.56 Å². The van der Waals surface area contributed by atoms with Gasteiger partial charge in [0.05, 0.1) is 6.61 Å². The Morgan fingerprint density at radius 2 is 2.06 bits per heavy atom. The van der Waals surface area contributed by atoms with Gasteiger partial charge in [-0.1, -0.05) is 0 Å². The second-order valence-electron chi connectivity index (χ2n) is 3.66. The quantitative estimate of drug-likeness (QED) is 0.403. The van der Waals surface area contributed by atoms with E-state index in [0.717, 1.165) is 6.20 Å². The largest absolute Gasteiger partial charge is 0.388 e. The second-order valence-corrected chi connectivity index (χ2v) is 3.66. The van der Waals surface area contributed by atoms with Crippen LogP contribution in [0, 0.1) is 0 Å². The number of ether oxygens (including phenoxy) is 1. The molecule has 1 aromatic heterocycles. The minimum Gasteiger partial charge on any atom is -0.388 e. The summed E-state index contributed by atoms with van der Waals surface area (Å²) in [6, 6.07) is 0. The summed E-state index contributed by atoms with van der Waals surface area (Å²) in [6.45, 7) is -0.254. The Morgan fingerprint density at radius 1 is 1.35 bits per heavy atom. The van der Waals surface area contributed by atoms with E-state index in [1.807, 2.05) is 4.98 Å². The molecule has 4 N–H and O–H groups in total. The van der Waals surface area contributed by atoms with Crippen molar-refractivity contribution in [1.29, 1.82) is 0 Å². The number of aliphatic hydroxyl groups is 3. The molecule has 0 aliphatic carbocycles. The number of hydrogen-bond donors (Lipinski definition) is 4. The van der Waals surface area contributed by atoms with Crippen molar-refractivity contribution < 1.29 is 20.1 Å².